The first kappa shape index (κ1) is 20.0. The maximum Gasteiger partial charge on any atom is 0.308 e. The fraction of sp³-hybridized carbons (Fsp3) is 0.895. The number of rotatable bonds is 10. The molecule has 0 aromatic carbocycles. The molecule has 1 aliphatic rings. The summed E-state index contributed by atoms with van der Waals surface area (Å²) in [4.78, 5) is 24.0. The van der Waals surface area contributed by atoms with E-state index in [4.69, 9.17) is 9.47 Å². The van der Waals surface area contributed by atoms with Gasteiger partial charge in [-0.3, -0.25) is 9.59 Å². The lowest BCUT2D eigenvalue weighted by atomic mass is 9.82. The van der Waals surface area contributed by atoms with Crippen LogP contribution in [0.5, 0.6) is 0 Å². The second-order valence-corrected chi connectivity index (χ2v) is 7.13. The van der Waals surface area contributed by atoms with Crippen molar-refractivity contribution in [3.8, 4) is 0 Å². The van der Waals surface area contributed by atoms with Gasteiger partial charge in [0, 0.05) is 0 Å². The first-order chi connectivity index (χ1) is 11.0. The van der Waals surface area contributed by atoms with Crippen molar-refractivity contribution in [1.29, 1.82) is 0 Å². The first-order valence-electron chi connectivity index (χ1n) is 9.37. The molecule has 1 fully saturated rings. The summed E-state index contributed by atoms with van der Waals surface area (Å²) in [5.41, 5.74) is 0. The lowest BCUT2D eigenvalue weighted by Crippen LogP contribution is -2.28. The monoisotopic (exact) mass is 326 g/mol. The smallest absolute Gasteiger partial charge is 0.308 e. The van der Waals surface area contributed by atoms with E-state index in [9.17, 15) is 9.59 Å². The minimum atomic E-state index is -0.0801. The maximum atomic E-state index is 12.0. The van der Waals surface area contributed by atoms with Gasteiger partial charge in [-0.2, -0.15) is 0 Å². The average molecular weight is 326 g/mol. The number of hydrogen-bond acceptors (Lipinski definition) is 4. The van der Waals surface area contributed by atoms with E-state index in [0.717, 1.165) is 57.8 Å². The van der Waals surface area contributed by atoms with Crippen LogP contribution in [0, 0.1) is 17.8 Å². The van der Waals surface area contributed by atoms with Crippen molar-refractivity contribution in [2.75, 3.05) is 13.2 Å². The van der Waals surface area contributed by atoms with E-state index < -0.39 is 0 Å². The van der Waals surface area contributed by atoms with Gasteiger partial charge in [0.2, 0.25) is 0 Å². The van der Waals surface area contributed by atoms with Crippen LogP contribution in [0.1, 0.15) is 78.6 Å². The van der Waals surface area contributed by atoms with Gasteiger partial charge < -0.3 is 9.47 Å². The Morgan fingerprint density at radius 1 is 0.870 bits per heavy atom. The lowest BCUT2D eigenvalue weighted by molar-refractivity contribution is -0.155. The van der Waals surface area contributed by atoms with Crippen LogP contribution in [0.2, 0.25) is 0 Å². The molecule has 0 aromatic rings. The molecule has 134 valence electrons. The Morgan fingerprint density at radius 2 is 1.35 bits per heavy atom. The van der Waals surface area contributed by atoms with E-state index in [0.29, 0.717) is 19.1 Å². The van der Waals surface area contributed by atoms with Crippen molar-refractivity contribution < 1.29 is 19.1 Å². The van der Waals surface area contributed by atoms with E-state index in [1.807, 2.05) is 0 Å². The van der Waals surface area contributed by atoms with Crippen molar-refractivity contribution in [2.24, 2.45) is 17.8 Å². The number of hydrogen-bond donors (Lipinski definition) is 0. The highest BCUT2D eigenvalue weighted by Crippen LogP contribution is 2.30. The molecule has 0 spiro atoms. The normalized spacial score (nSPS) is 21.2. The molecule has 0 aliphatic heterocycles. The summed E-state index contributed by atoms with van der Waals surface area (Å²) in [5, 5.41) is 0. The van der Waals surface area contributed by atoms with E-state index in [1.54, 1.807) is 0 Å². The van der Waals surface area contributed by atoms with Crippen molar-refractivity contribution in [2.45, 2.75) is 78.6 Å². The standard InChI is InChI=1S/C19H34O4/c1-4-5-6-13-22-18(20)16-9-11-17(12-10-16)19(21)23-14-7-8-15(2)3/h15-17H,4-14H2,1-3H3. The molecule has 0 amide bonds. The molecule has 0 unspecified atom stereocenters. The molecule has 0 bridgehead atoms. The highest BCUT2D eigenvalue weighted by atomic mass is 16.5. The van der Waals surface area contributed by atoms with Crippen LogP contribution in [-0.2, 0) is 19.1 Å². The number of esters is 2. The molecule has 1 saturated carbocycles. The Hall–Kier alpha value is -1.06. The van der Waals surface area contributed by atoms with Gasteiger partial charge in [-0.1, -0.05) is 33.6 Å². The van der Waals surface area contributed by atoms with Crippen LogP contribution in [0.3, 0.4) is 0 Å². The van der Waals surface area contributed by atoms with Crippen LogP contribution in [-0.4, -0.2) is 25.2 Å². The average Bonchev–Trinajstić information content (AvgIpc) is 2.55. The predicted octanol–water partition coefficient (Wildman–Crippen LogP) is 4.51. The zero-order valence-electron chi connectivity index (χ0n) is 15.1. The lowest BCUT2D eigenvalue weighted by Gasteiger charge is -2.26. The minimum Gasteiger partial charge on any atom is -0.465 e. The number of ether oxygens (including phenoxy) is 2. The Balaban J connectivity index is 2.16. The van der Waals surface area contributed by atoms with Crippen molar-refractivity contribution >= 4 is 11.9 Å². The molecule has 4 heteroatoms. The zero-order chi connectivity index (χ0) is 17.1. The summed E-state index contributed by atoms with van der Waals surface area (Å²) in [6, 6.07) is 0. The molecule has 0 radical (unpaired) electrons. The Labute approximate surface area is 141 Å². The van der Waals surface area contributed by atoms with Gasteiger partial charge >= 0.3 is 11.9 Å². The van der Waals surface area contributed by atoms with Gasteiger partial charge in [-0.25, -0.2) is 0 Å². The van der Waals surface area contributed by atoms with E-state index in [2.05, 4.69) is 20.8 Å². The number of carbonyl (C=O) groups excluding carboxylic acids is 2. The molecule has 1 rings (SSSR count). The van der Waals surface area contributed by atoms with E-state index >= 15 is 0 Å². The van der Waals surface area contributed by atoms with Crippen LogP contribution in [0.25, 0.3) is 0 Å². The topological polar surface area (TPSA) is 52.6 Å². The molecule has 0 atom stereocenters. The summed E-state index contributed by atoms with van der Waals surface area (Å²) < 4.78 is 10.7. The third-order valence-corrected chi connectivity index (χ3v) is 4.56. The molecule has 0 saturated heterocycles. The van der Waals surface area contributed by atoms with Gasteiger partial charge in [0.1, 0.15) is 0 Å². The minimum absolute atomic E-state index is 0.0263. The van der Waals surface area contributed by atoms with Gasteiger partial charge in [-0.15, -0.1) is 0 Å². The SMILES string of the molecule is CCCCCOC(=O)C1CCC(C(=O)OCCCC(C)C)CC1. The molecular formula is C19H34O4. The molecule has 0 heterocycles. The quantitative estimate of drug-likeness (QED) is 0.438. The second-order valence-electron chi connectivity index (χ2n) is 7.13. The molecular weight excluding hydrogens is 292 g/mol. The molecule has 0 aromatic heterocycles. The molecule has 0 N–H and O–H groups in total. The van der Waals surface area contributed by atoms with Crippen LogP contribution >= 0.6 is 0 Å². The second kappa shape index (κ2) is 11.5. The van der Waals surface area contributed by atoms with Crippen molar-refractivity contribution in [3.05, 3.63) is 0 Å². The molecule has 23 heavy (non-hydrogen) atoms. The summed E-state index contributed by atoms with van der Waals surface area (Å²) in [5.74, 6) is 0.431. The molecule has 4 nitrogen and oxygen atoms in total. The largest absolute Gasteiger partial charge is 0.465 e. The summed E-state index contributed by atoms with van der Waals surface area (Å²) >= 11 is 0. The number of carbonyl (C=O) groups is 2. The van der Waals surface area contributed by atoms with Crippen LogP contribution < -0.4 is 0 Å². The predicted molar refractivity (Wildman–Crippen MR) is 91.0 cm³/mol. The summed E-state index contributed by atoms with van der Waals surface area (Å²) in [7, 11) is 0. The molecule has 1 aliphatic carbocycles. The van der Waals surface area contributed by atoms with Crippen molar-refractivity contribution in [3.63, 3.8) is 0 Å². The fourth-order valence-corrected chi connectivity index (χ4v) is 2.99. The van der Waals surface area contributed by atoms with Gasteiger partial charge in [-0.05, 0) is 50.9 Å². The van der Waals surface area contributed by atoms with E-state index in [1.165, 1.54) is 0 Å². The van der Waals surface area contributed by atoms with Gasteiger partial charge in [0.15, 0.2) is 0 Å². The first-order valence-corrected chi connectivity index (χ1v) is 9.37. The van der Waals surface area contributed by atoms with E-state index in [-0.39, 0.29) is 23.8 Å². The Bertz CT molecular complexity index is 343. The highest BCUT2D eigenvalue weighted by molar-refractivity contribution is 5.75. The van der Waals surface area contributed by atoms with Crippen LogP contribution in [0.4, 0.5) is 0 Å². The zero-order valence-corrected chi connectivity index (χ0v) is 15.1. The number of unbranched alkanes of at least 4 members (excludes halogenated alkanes) is 2. The van der Waals surface area contributed by atoms with Gasteiger partial charge in [0.25, 0.3) is 0 Å². The van der Waals surface area contributed by atoms with Gasteiger partial charge in [0.05, 0.1) is 25.0 Å². The Kier molecular flexibility index (Phi) is 9.97. The third kappa shape index (κ3) is 8.38. The summed E-state index contributed by atoms with van der Waals surface area (Å²) in [6.45, 7) is 7.53. The Morgan fingerprint density at radius 3 is 1.78 bits per heavy atom. The van der Waals surface area contributed by atoms with Crippen molar-refractivity contribution in [1.82, 2.24) is 0 Å². The highest BCUT2D eigenvalue weighted by Gasteiger charge is 2.31. The fourth-order valence-electron chi connectivity index (χ4n) is 2.99. The summed E-state index contributed by atoms with van der Waals surface area (Å²) in [6.07, 6.45) is 8.18. The third-order valence-electron chi connectivity index (χ3n) is 4.56. The maximum absolute atomic E-state index is 12.0. The van der Waals surface area contributed by atoms with Crippen LogP contribution in [0.15, 0.2) is 0 Å².